The molecule has 1 aliphatic heterocycles. The summed E-state index contributed by atoms with van der Waals surface area (Å²) in [6.07, 6.45) is 6.56. The molecule has 5 rings (SSSR count). The fourth-order valence-corrected chi connectivity index (χ4v) is 4.77. The second kappa shape index (κ2) is 8.31. The van der Waals surface area contributed by atoms with Crippen molar-refractivity contribution in [3.8, 4) is 0 Å². The third-order valence-electron chi connectivity index (χ3n) is 6.63. The largest absolute Gasteiger partial charge is 0.364 e. The molecule has 0 radical (unpaired) electrons. The zero-order chi connectivity index (χ0) is 22.2. The average Bonchev–Trinajstić information content (AvgIpc) is 2.79. The van der Waals surface area contributed by atoms with Crippen molar-refractivity contribution >= 4 is 22.8 Å². The number of aromatic nitrogens is 4. The maximum Gasteiger partial charge on any atom is 0.270 e. The Morgan fingerprint density at radius 3 is 2.72 bits per heavy atom. The van der Waals surface area contributed by atoms with Gasteiger partial charge in [-0.15, -0.1) is 0 Å². The van der Waals surface area contributed by atoms with Crippen molar-refractivity contribution in [3.05, 3.63) is 57.9 Å². The molecule has 2 aliphatic rings. The van der Waals surface area contributed by atoms with E-state index in [9.17, 15) is 9.59 Å². The number of carbonyl (C=O) groups is 1. The SMILES string of the molecule is CCc1nc2ncc(CN3CCN(c4ccc(C(=O)NC)nc4)[C@H]4CC[C@H]43)cc2[nH]c1=O. The quantitative estimate of drug-likeness (QED) is 0.628. The molecule has 0 bridgehead atoms. The topological polar surface area (TPSA) is 107 Å². The molecule has 1 saturated heterocycles. The minimum Gasteiger partial charge on any atom is -0.364 e. The van der Waals surface area contributed by atoms with Crippen LogP contribution in [0.5, 0.6) is 0 Å². The Morgan fingerprint density at radius 1 is 1.19 bits per heavy atom. The van der Waals surface area contributed by atoms with E-state index in [1.165, 1.54) is 0 Å². The number of fused-ring (bicyclic) bond motifs is 2. The molecular weight excluding hydrogens is 406 g/mol. The molecule has 32 heavy (non-hydrogen) atoms. The summed E-state index contributed by atoms with van der Waals surface area (Å²) in [5, 5.41) is 2.61. The predicted molar refractivity (Wildman–Crippen MR) is 122 cm³/mol. The highest BCUT2D eigenvalue weighted by Gasteiger charge is 2.42. The van der Waals surface area contributed by atoms with E-state index in [1.807, 2.05) is 25.3 Å². The number of hydrogen-bond acceptors (Lipinski definition) is 7. The van der Waals surface area contributed by atoms with E-state index in [2.05, 4.69) is 35.1 Å². The molecule has 0 spiro atoms. The highest BCUT2D eigenvalue weighted by Crippen LogP contribution is 2.37. The van der Waals surface area contributed by atoms with Crippen LogP contribution in [-0.2, 0) is 13.0 Å². The van der Waals surface area contributed by atoms with Crippen molar-refractivity contribution < 1.29 is 4.79 Å². The molecular formula is C23H27N7O2. The fourth-order valence-electron chi connectivity index (χ4n) is 4.77. The summed E-state index contributed by atoms with van der Waals surface area (Å²) in [5.74, 6) is -0.172. The smallest absolute Gasteiger partial charge is 0.270 e. The zero-order valence-electron chi connectivity index (χ0n) is 18.3. The minimum absolute atomic E-state index is 0.136. The molecule has 9 nitrogen and oxygen atoms in total. The first-order valence-corrected chi connectivity index (χ1v) is 11.1. The van der Waals surface area contributed by atoms with Gasteiger partial charge in [0, 0.05) is 45.0 Å². The number of amides is 1. The van der Waals surface area contributed by atoms with Crippen LogP contribution in [0.25, 0.3) is 11.2 Å². The fraction of sp³-hybridized carbons (Fsp3) is 0.435. The Morgan fingerprint density at radius 2 is 2.03 bits per heavy atom. The first kappa shape index (κ1) is 20.6. The zero-order valence-corrected chi connectivity index (χ0v) is 18.3. The third-order valence-corrected chi connectivity index (χ3v) is 6.63. The molecule has 3 aromatic heterocycles. The molecule has 0 unspecified atom stereocenters. The van der Waals surface area contributed by atoms with Gasteiger partial charge in [0.05, 0.1) is 17.4 Å². The van der Waals surface area contributed by atoms with Crippen molar-refractivity contribution in [3.63, 3.8) is 0 Å². The summed E-state index contributed by atoms with van der Waals surface area (Å²) in [6, 6.07) is 6.69. The lowest BCUT2D eigenvalue weighted by atomic mass is 9.81. The molecule has 0 aromatic carbocycles. The number of carbonyl (C=O) groups excluding carboxylic acids is 1. The van der Waals surface area contributed by atoms with Crippen LogP contribution in [0.4, 0.5) is 5.69 Å². The van der Waals surface area contributed by atoms with E-state index >= 15 is 0 Å². The van der Waals surface area contributed by atoms with E-state index in [-0.39, 0.29) is 11.5 Å². The minimum atomic E-state index is -0.172. The number of aryl methyl sites for hydroxylation is 1. The lowest BCUT2D eigenvalue weighted by Gasteiger charge is -2.54. The lowest BCUT2D eigenvalue weighted by Crippen LogP contribution is -2.64. The molecule has 1 amide bonds. The highest BCUT2D eigenvalue weighted by molar-refractivity contribution is 5.92. The predicted octanol–water partition coefficient (Wildman–Crippen LogP) is 1.49. The molecule has 1 saturated carbocycles. The second-order valence-electron chi connectivity index (χ2n) is 8.44. The number of aromatic amines is 1. The van der Waals surface area contributed by atoms with Crippen molar-refractivity contribution in [2.24, 2.45) is 0 Å². The van der Waals surface area contributed by atoms with Gasteiger partial charge in [0.25, 0.3) is 11.5 Å². The molecule has 2 fully saturated rings. The normalized spacial score (nSPS) is 20.6. The number of anilines is 1. The molecule has 2 atom stereocenters. The number of nitrogens with zero attached hydrogens (tertiary/aromatic N) is 5. The average molecular weight is 434 g/mol. The maximum absolute atomic E-state index is 12.1. The summed E-state index contributed by atoms with van der Waals surface area (Å²) in [6.45, 7) is 4.55. The summed E-state index contributed by atoms with van der Waals surface area (Å²) in [4.78, 5) is 44.9. The maximum atomic E-state index is 12.1. The van der Waals surface area contributed by atoms with Gasteiger partial charge in [-0.05, 0) is 43.0 Å². The summed E-state index contributed by atoms with van der Waals surface area (Å²) in [7, 11) is 1.61. The van der Waals surface area contributed by atoms with Gasteiger partial charge in [-0.3, -0.25) is 14.5 Å². The van der Waals surface area contributed by atoms with E-state index in [0.29, 0.717) is 41.1 Å². The number of pyridine rings is 2. The number of rotatable bonds is 5. The van der Waals surface area contributed by atoms with Crippen molar-refractivity contribution in [2.45, 2.75) is 44.8 Å². The van der Waals surface area contributed by atoms with Crippen molar-refractivity contribution in [1.82, 2.24) is 30.2 Å². The van der Waals surface area contributed by atoms with Gasteiger partial charge in [0.15, 0.2) is 5.65 Å². The van der Waals surface area contributed by atoms with Crippen LogP contribution in [0.1, 0.15) is 41.5 Å². The van der Waals surface area contributed by atoms with Gasteiger partial charge < -0.3 is 15.2 Å². The van der Waals surface area contributed by atoms with Crippen LogP contribution in [-0.4, -0.2) is 63.0 Å². The van der Waals surface area contributed by atoms with Crippen molar-refractivity contribution in [1.29, 1.82) is 0 Å². The number of H-pyrrole nitrogens is 1. The van der Waals surface area contributed by atoms with Crippen LogP contribution < -0.4 is 15.8 Å². The molecule has 1 aliphatic carbocycles. The van der Waals surface area contributed by atoms with Gasteiger partial charge >= 0.3 is 0 Å². The molecule has 9 heteroatoms. The Kier molecular flexibility index (Phi) is 5.34. The molecule has 166 valence electrons. The van der Waals surface area contributed by atoms with Crippen LogP contribution >= 0.6 is 0 Å². The van der Waals surface area contributed by atoms with Crippen molar-refractivity contribution in [2.75, 3.05) is 25.0 Å². The molecule has 3 aromatic rings. The van der Waals surface area contributed by atoms with E-state index < -0.39 is 0 Å². The van der Waals surface area contributed by atoms with Crippen LogP contribution in [0.15, 0.2) is 35.4 Å². The third kappa shape index (κ3) is 3.62. The second-order valence-corrected chi connectivity index (χ2v) is 8.44. The first-order chi connectivity index (χ1) is 15.6. The van der Waals surface area contributed by atoms with E-state index in [1.54, 1.807) is 19.3 Å². The Bertz CT molecular complexity index is 1210. The summed E-state index contributed by atoms with van der Waals surface area (Å²) >= 11 is 0. The molecule has 4 heterocycles. The van der Waals surface area contributed by atoms with Gasteiger partial charge in [0.1, 0.15) is 11.4 Å². The first-order valence-electron chi connectivity index (χ1n) is 11.1. The monoisotopic (exact) mass is 433 g/mol. The summed E-state index contributed by atoms with van der Waals surface area (Å²) < 4.78 is 0. The number of hydrogen-bond donors (Lipinski definition) is 2. The van der Waals surface area contributed by atoms with Gasteiger partial charge in [0.2, 0.25) is 0 Å². The van der Waals surface area contributed by atoms with Gasteiger partial charge in [-0.1, -0.05) is 6.92 Å². The number of nitrogens with one attached hydrogen (secondary N) is 2. The number of piperazine rings is 1. The van der Waals surface area contributed by atoms with Crippen LogP contribution in [0.2, 0.25) is 0 Å². The van der Waals surface area contributed by atoms with Crippen LogP contribution in [0, 0.1) is 0 Å². The molecule has 2 N–H and O–H groups in total. The van der Waals surface area contributed by atoms with Gasteiger partial charge in [-0.2, -0.15) is 0 Å². The standard InChI is InChI=1S/C23H27N7O2/c1-3-16-23(32)28-18-10-14(11-26-21(18)27-16)13-29-8-9-30(20-7-6-19(20)29)15-4-5-17(25-12-15)22(31)24-2/h4-5,10-12,19-20H,3,6-9,13H2,1-2H3,(H,24,31)(H,28,32)/t19-,20+/m1/s1. The van der Waals surface area contributed by atoms with Gasteiger partial charge in [-0.25, -0.2) is 15.0 Å². The Hall–Kier alpha value is -3.33. The van der Waals surface area contributed by atoms with Crippen LogP contribution in [0.3, 0.4) is 0 Å². The highest BCUT2D eigenvalue weighted by atomic mass is 16.1. The lowest BCUT2D eigenvalue weighted by molar-refractivity contribution is 0.0658. The Balaban J connectivity index is 1.30. The summed E-state index contributed by atoms with van der Waals surface area (Å²) in [5.41, 5.74) is 4.23. The Labute approximate surface area is 185 Å². The van der Waals surface area contributed by atoms with E-state index in [4.69, 9.17) is 0 Å². The van der Waals surface area contributed by atoms with E-state index in [0.717, 1.165) is 43.7 Å².